The van der Waals surface area contributed by atoms with Crippen LogP contribution in [0.1, 0.15) is 26.2 Å². The fourth-order valence-corrected chi connectivity index (χ4v) is 1.56. The predicted octanol–water partition coefficient (Wildman–Crippen LogP) is 0.904. The Kier molecular flexibility index (Phi) is 3.96. The zero-order valence-corrected chi connectivity index (χ0v) is 8.25. The van der Waals surface area contributed by atoms with Gasteiger partial charge in [-0.3, -0.25) is 4.79 Å². The lowest BCUT2D eigenvalue weighted by atomic mass is 10.0. The van der Waals surface area contributed by atoms with Crippen molar-refractivity contribution in [2.45, 2.75) is 26.2 Å². The molecule has 2 N–H and O–H groups in total. The van der Waals surface area contributed by atoms with Crippen molar-refractivity contribution in [3.05, 3.63) is 11.8 Å². The van der Waals surface area contributed by atoms with Gasteiger partial charge < -0.3 is 10.6 Å². The lowest BCUT2D eigenvalue weighted by molar-refractivity contribution is -0.113. The average molecular weight is 182 g/mol. The van der Waals surface area contributed by atoms with E-state index in [4.69, 9.17) is 5.73 Å². The van der Waals surface area contributed by atoms with Gasteiger partial charge >= 0.3 is 0 Å². The molecule has 0 aromatic rings. The van der Waals surface area contributed by atoms with Gasteiger partial charge in [0, 0.05) is 24.9 Å². The first-order valence-corrected chi connectivity index (χ1v) is 4.90. The van der Waals surface area contributed by atoms with Crippen LogP contribution in [0.25, 0.3) is 0 Å². The van der Waals surface area contributed by atoms with Crippen molar-refractivity contribution in [2.75, 3.05) is 19.6 Å². The minimum atomic E-state index is 0.206. The molecule has 0 radical (unpaired) electrons. The first-order chi connectivity index (χ1) is 6.24. The molecule has 0 aromatic carbocycles. The van der Waals surface area contributed by atoms with Crippen LogP contribution >= 0.6 is 0 Å². The van der Waals surface area contributed by atoms with Crippen LogP contribution in [0.15, 0.2) is 11.8 Å². The standard InChI is InChI=1S/C10H18N2O/c1-9(13)10-4-2-6-12(8-10)7-3-5-11/h8H,2-7,11H2,1H3. The van der Waals surface area contributed by atoms with Crippen LogP contribution in [-0.2, 0) is 4.79 Å². The van der Waals surface area contributed by atoms with Gasteiger partial charge in [0.15, 0.2) is 5.78 Å². The summed E-state index contributed by atoms with van der Waals surface area (Å²) in [6, 6.07) is 0. The van der Waals surface area contributed by atoms with E-state index in [-0.39, 0.29) is 5.78 Å². The molecule has 0 aromatic heterocycles. The van der Waals surface area contributed by atoms with Gasteiger partial charge in [0.2, 0.25) is 0 Å². The molecule has 1 rings (SSSR count). The SMILES string of the molecule is CC(=O)C1=CN(CCCN)CCC1. The molecule has 3 nitrogen and oxygen atoms in total. The topological polar surface area (TPSA) is 46.3 Å². The van der Waals surface area contributed by atoms with Crippen LogP contribution in [-0.4, -0.2) is 30.3 Å². The fraction of sp³-hybridized carbons (Fsp3) is 0.700. The number of nitrogens with two attached hydrogens (primary N) is 1. The number of carbonyl (C=O) groups excluding carboxylic acids is 1. The maximum absolute atomic E-state index is 11.1. The van der Waals surface area contributed by atoms with Gasteiger partial charge in [0.25, 0.3) is 0 Å². The monoisotopic (exact) mass is 182 g/mol. The molecule has 1 aliphatic heterocycles. The Balaban J connectivity index is 2.47. The maximum atomic E-state index is 11.1. The number of nitrogens with zero attached hydrogens (tertiary/aromatic N) is 1. The maximum Gasteiger partial charge on any atom is 0.157 e. The quantitative estimate of drug-likeness (QED) is 0.702. The Hall–Kier alpha value is -0.830. The van der Waals surface area contributed by atoms with Gasteiger partial charge in [0.1, 0.15) is 0 Å². The molecule has 13 heavy (non-hydrogen) atoms. The zero-order valence-electron chi connectivity index (χ0n) is 8.25. The molecule has 0 saturated heterocycles. The summed E-state index contributed by atoms with van der Waals surface area (Å²) in [6.45, 7) is 4.40. The Bertz CT molecular complexity index is 211. The molecule has 74 valence electrons. The largest absolute Gasteiger partial charge is 0.377 e. The summed E-state index contributed by atoms with van der Waals surface area (Å²) in [6.07, 6.45) is 5.04. The second-order valence-corrected chi connectivity index (χ2v) is 3.49. The number of Topliss-reactive ketones (excluding diaryl/α,β-unsaturated/α-hetero) is 1. The number of allylic oxidation sites excluding steroid dienone is 1. The van der Waals surface area contributed by atoms with E-state index in [0.29, 0.717) is 0 Å². The van der Waals surface area contributed by atoms with E-state index < -0.39 is 0 Å². The second-order valence-electron chi connectivity index (χ2n) is 3.49. The summed E-state index contributed by atoms with van der Waals surface area (Å²) in [5.41, 5.74) is 6.39. The first-order valence-electron chi connectivity index (χ1n) is 4.90. The molecule has 1 aliphatic rings. The van der Waals surface area contributed by atoms with E-state index in [1.165, 1.54) is 0 Å². The van der Waals surface area contributed by atoms with Crippen molar-refractivity contribution in [3.8, 4) is 0 Å². The predicted molar refractivity (Wildman–Crippen MR) is 53.2 cm³/mol. The van der Waals surface area contributed by atoms with Crippen molar-refractivity contribution in [1.29, 1.82) is 0 Å². The Labute approximate surface area is 79.6 Å². The minimum absolute atomic E-state index is 0.206. The normalized spacial score (nSPS) is 17.1. The highest BCUT2D eigenvalue weighted by atomic mass is 16.1. The molecule has 0 atom stereocenters. The van der Waals surface area contributed by atoms with Gasteiger partial charge in [-0.05, 0) is 32.7 Å². The molecule has 0 spiro atoms. The smallest absolute Gasteiger partial charge is 0.157 e. The van der Waals surface area contributed by atoms with Crippen LogP contribution in [0.2, 0.25) is 0 Å². The highest BCUT2D eigenvalue weighted by Crippen LogP contribution is 2.15. The molecule has 1 heterocycles. The van der Waals surface area contributed by atoms with Crippen LogP contribution in [0.3, 0.4) is 0 Å². The Morgan fingerprint density at radius 3 is 3.08 bits per heavy atom. The molecule has 0 bridgehead atoms. The van der Waals surface area contributed by atoms with E-state index in [1.807, 2.05) is 6.20 Å². The van der Waals surface area contributed by atoms with Crippen molar-refractivity contribution >= 4 is 5.78 Å². The third-order valence-electron chi connectivity index (χ3n) is 2.33. The average Bonchev–Trinajstić information content (AvgIpc) is 2.15. The van der Waals surface area contributed by atoms with Crippen LogP contribution in [0, 0.1) is 0 Å². The number of hydrogen-bond acceptors (Lipinski definition) is 3. The first kappa shape index (κ1) is 10.3. The molecule has 0 unspecified atom stereocenters. The minimum Gasteiger partial charge on any atom is -0.377 e. The number of carbonyl (C=O) groups is 1. The third-order valence-corrected chi connectivity index (χ3v) is 2.33. The van der Waals surface area contributed by atoms with Crippen LogP contribution < -0.4 is 5.73 Å². The van der Waals surface area contributed by atoms with Crippen molar-refractivity contribution < 1.29 is 4.79 Å². The lowest BCUT2D eigenvalue weighted by Gasteiger charge is -2.25. The van der Waals surface area contributed by atoms with E-state index in [2.05, 4.69) is 4.90 Å². The molecular weight excluding hydrogens is 164 g/mol. The van der Waals surface area contributed by atoms with Gasteiger partial charge in [-0.15, -0.1) is 0 Å². The van der Waals surface area contributed by atoms with Crippen LogP contribution in [0.4, 0.5) is 0 Å². The molecule has 0 saturated carbocycles. The van der Waals surface area contributed by atoms with E-state index in [9.17, 15) is 4.79 Å². The molecular formula is C10H18N2O. The van der Waals surface area contributed by atoms with Gasteiger partial charge in [-0.2, -0.15) is 0 Å². The molecule has 0 fully saturated rings. The molecule has 0 aliphatic carbocycles. The van der Waals surface area contributed by atoms with Gasteiger partial charge in [-0.1, -0.05) is 0 Å². The van der Waals surface area contributed by atoms with Crippen molar-refractivity contribution in [1.82, 2.24) is 4.90 Å². The highest BCUT2D eigenvalue weighted by molar-refractivity contribution is 5.93. The van der Waals surface area contributed by atoms with Gasteiger partial charge in [0.05, 0.1) is 0 Å². The highest BCUT2D eigenvalue weighted by Gasteiger charge is 2.12. The molecule has 3 heteroatoms. The summed E-state index contributed by atoms with van der Waals surface area (Å²) in [4.78, 5) is 13.3. The van der Waals surface area contributed by atoms with Crippen molar-refractivity contribution in [3.63, 3.8) is 0 Å². The lowest BCUT2D eigenvalue weighted by Crippen LogP contribution is -2.26. The third kappa shape index (κ3) is 3.19. The zero-order chi connectivity index (χ0) is 9.68. The number of hydrogen-bond donors (Lipinski definition) is 1. The Morgan fingerprint density at radius 1 is 1.69 bits per heavy atom. The van der Waals surface area contributed by atoms with E-state index in [1.54, 1.807) is 6.92 Å². The summed E-state index contributed by atoms with van der Waals surface area (Å²) >= 11 is 0. The second kappa shape index (κ2) is 5.02. The summed E-state index contributed by atoms with van der Waals surface area (Å²) in [5.74, 6) is 0.206. The molecule has 0 amide bonds. The van der Waals surface area contributed by atoms with E-state index >= 15 is 0 Å². The Morgan fingerprint density at radius 2 is 2.46 bits per heavy atom. The summed E-state index contributed by atoms with van der Waals surface area (Å²) < 4.78 is 0. The fourth-order valence-electron chi connectivity index (χ4n) is 1.56. The summed E-state index contributed by atoms with van der Waals surface area (Å²) in [5, 5.41) is 0. The van der Waals surface area contributed by atoms with Crippen molar-refractivity contribution in [2.24, 2.45) is 5.73 Å². The summed E-state index contributed by atoms with van der Waals surface area (Å²) in [7, 11) is 0. The van der Waals surface area contributed by atoms with Crippen LogP contribution in [0.5, 0.6) is 0 Å². The van der Waals surface area contributed by atoms with E-state index in [0.717, 1.165) is 44.5 Å². The number of ketones is 1. The van der Waals surface area contributed by atoms with Gasteiger partial charge in [-0.25, -0.2) is 0 Å². The number of rotatable bonds is 4.